The van der Waals surface area contributed by atoms with E-state index >= 15 is 0 Å². The highest BCUT2D eigenvalue weighted by molar-refractivity contribution is 6.74. The number of aliphatic hydroxyl groups excluding tert-OH is 1. The molecule has 6 heteroatoms. The summed E-state index contributed by atoms with van der Waals surface area (Å²) in [6, 6.07) is 0. The van der Waals surface area contributed by atoms with E-state index in [1.165, 1.54) is 0 Å². The van der Waals surface area contributed by atoms with Gasteiger partial charge in [0.25, 0.3) is 0 Å². The monoisotopic (exact) mass is 320 g/mol. The third kappa shape index (κ3) is 5.62. The molecule has 1 heterocycles. The maximum Gasteiger partial charge on any atom is 0.192 e. The minimum Gasteiger partial charge on any atom is -0.414 e. The Morgan fingerprint density at radius 1 is 1.19 bits per heavy atom. The molecule has 0 aromatic carbocycles. The summed E-state index contributed by atoms with van der Waals surface area (Å²) in [5.74, 6) is -1.25. The first-order valence-electron chi connectivity index (χ1n) is 7.66. The van der Waals surface area contributed by atoms with Crippen LogP contribution in [-0.2, 0) is 13.9 Å². The maximum absolute atomic E-state index is 9.70. The fourth-order valence-electron chi connectivity index (χ4n) is 2.03. The highest BCUT2D eigenvalue weighted by Gasteiger charge is 2.42. The molecular weight excluding hydrogens is 288 g/mol. The van der Waals surface area contributed by atoms with E-state index in [0.717, 1.165) is 0 Å². The van der Waals surface area contributed by atoms with E-state index in [-0.39, 0.29) is 23.7 Å². The van der Waals surface area contributed by atoms with Gasteiger partial charge in [-0.1, -0.05) is 20.8 Å². The summed E-state index contributed by atoms with van der Waals surface area (Å²) >= 11 is 0. The molecule has 0 saturated carbocycles. The van der Waals surface area contributed by atoms with Crippen LogP contribution < -0.4 is 0 Å². The van der Waals surface area contributed by atoms with Crippen LogP contribution in [0.15, 0.2) is 0 Å². The molecule has 0 aromatic heterocycles. The normalized spacial score (nSPS) is 28.1. The molecule has 1 aliphatic heterocycles. The van der Waals surface area contributed by atoms with Crippen molar-refractivity contribution in [2.24, 2.45) is 5.92 Å². The van der Waals surface area contributed by atoms with Gasteiger partial charge in [-0.3, -0.25) is 0 Å². The highest BCUT2D eigenvalue weighted by atomic mass is 28.4. The summed E-state index contributed by atoms with van der Waals surface area (Å²) in [5.41, 5.74) is 0. The van der Waals surface area contributed by atoms with E-state index in [9.17, 15) is 10.2 Å². The van der Waals surface area contributed by atoms with Gasteiger partial charge in [0.1, 0.15) is 0 Å². The Morgan fingerprint density at radius 2 is 1.76 bits per heavy atom. The SMILES string of the molecule is CC(C)(O)OC1CC(CO)C(CO[Si](C)(C)C(C)(C)C)O1. The maximum atomic E-state index is 9.70. The van der Waals surface area contributed by atoms with Gasteiger partial charge in [0.05, 0.1) is 12.7 Å². The molecule has 126 valence electrons. The zero-order valence-corrected chi connectivity index (χ0v) is 15.5. The smallest absolute Gasteiger partial charge is 0.192 e. The molecule has 1 fully saturated rings. The van der Waals surface area contributed by atoms with Gasteiger partial charge in [-0.05, 0) is 32.0 Å². The largest absolute Gasteiger partial charge is 0.414 e. The fraction of sp³-hybridized carbons (Fsp3) is 1.00. The highest BCUT2D eigenvalue weighted by Crippen LogP contribution is 2.38. The number of rotatable bonds is 6. The van der Waals surface area contributed by atoms with Crippen molar-refractivity contribution in [2.45, 2.75) is 77.4 Å². The van der Waals surface area contributed by atoms with E-state index < -0.39 is 20.4 Å². The van der Waals surface area contributed by atoms with Crippen LogP contribution in [0.2, 0.25) is 18.1 Å². The lowest BCUT2D eigenvalue weighted by Gasteiger charge is -2.37. The van der Waals surface area contributed by atoms with Gasteiger partial charge >= 0.3 is 0 Å². The first-order valence-corrected chi connectivity index (χ1v) is 10.6. The average Bonchev–Trinajstić information content (AvgIpc) is 2.64. The van der Waals surface area contributed by atoms with Crippen molar-refractivity contribution in [2.75, 3.05) is 13.2 Å². The fourth-order valence-corrected chi connectivity index (χ4v) is 3.05. The summed E-state index contributed by atoms with van der Waals surface area (Å²) in [6.45, 7) is 14.6. The lowest BCUT2D eigenvalue weighted by atomic mass is 10.0. The van der Waals surface area contributed by atoms with E-state index in [2.05, 4.69) is 33.9 Å². The van der Waals surface area contributed by atoms with Crippen molar-refractivity contribution in [3.8, 4) is 0 Å². The minimum atomic E-state index is -1.84. The molecule has 5 nitrogen and oxygen atoms in total. The van der Waals surface area contributed by atoms with Gasteiger partial charge in [0.2, 0.25) is 0 Å². The number of ether oxygens (including phenoxy) is 2. The van der Waals surface area contributed by atoms with E-state index in [1.807, 2.05) is 0 Å². The zero-order valence-electron chi connectivity index (χ0n) is 14.5. The topological polar surface area (TPSA) is 68.2 Å². The van der Waals surface area contributed by atoms with Crippen molar-refractivity contribution < 1.29 is 24.1 Å². The predicted octanol–water partition coefficient (Wildman–Crippen LogP) is 2.48. The Kier molecular flexibility index (Phi) is 6.03. The van der Waals surface area contributed by atoms with Gasteiger partial charge in [-0.25, -0.2) is 0 Å². The third-order valence-electron chi connectivity index (χ3n) is 4.42. The second-order valence-electron chi connectivity index (χ2n) is 7.92. The molecule has 3 atom stereocenters. The average molecular weight is 321 g/mol. The first-order chi connectivity index (χ1) is 9.36. The summed E-state index contributed by atoms with van der Waals surface area (Å²) in [4.78, 5) is 0. The Morgan fingerprint density at radius 3 is 2.19 bits per heavy atom. The van der Waals surface area contributed by atoms with Crippen LogP contribution in [0.1, 0.15) is 41.0 Å². The van der Waals surface area contributed by atoms with Gasteiger partial charge in [0, 0.05) is 18.9 Å². The standard InChI is InChI=1S/C15H32O5Si/c1-14(2,3)21(6,7)18-10-12-11(9-16)8-13(19-12)20-15(4,5)17/h11-13,16-17H,8-10H2,1-7H3. The number of hydrogen-bond acceptors (Lipinski definition) is 5. The molecule has 1 rings (SSSR count). The quantitative estimate of drug-likeness (QED) is 0.581. The molecule has 0 spiro atoms. The molecule has 0 aliphatic carbocycles. The minimum absolute atomic E-state index is 0.0119. The number of hydrogen-bond donors (Lipinski definition) is 2. The molecule has 0 radical (unpaired) electrons. The predicted molar refractivity (Wildman–Crippen MR) is 84.4 cm³/mol. The molecule has 1 aliphatic rings. The van der Waals surface area contributed by atoms with Gasteiger partial charge < -0.3 is 24.1 Å². The van der Waals surface area contributed by atoms with Crippen molar-refractivity contribution in [1.82, 2.24) is 0 Å². The lowest BCUT2D eigenvalue weighted by molar-refractivity contribution is -0.269. The van der Waals surface area contributed by atoms with Gasteiger partial charge in [-0.15, -0.1) is 0 Å². The third-order valence-corrected chi connectivity index (χ3v) is 8.92. The second kappa shape index (κ2) is 6.64. The first kappa shape index (κ1) is 19.1. The van der Waals surface area contributed by atoms with Crippen LogP contribution in [0.4, 0.5) is 0 Å². The van der Waals surface area contributed by atoms with Crippen molar-refractivity contribution in [1.29, 1.82) is 0 Å². The molecular formula is C15H32O5Si. The van der Waals surface area contributed by atoms with E-state index in [4.69, 9.17) is 13.9 Å². The Hall–Kier alpha value is 0.0169. The van der Waals surface area contributed by atoms with Crippen LogP contribution in [0.5, 0.6) is 0 Å². The van der Waals surface area contributed by atoms with Crippen LogP contribution in [0.3, 0.4) is 0 Å². The molecule has 0 amide bonds. The molecule has 21 heavy (non-hydrogen) atoms. The number of aliphatic hydroxyl groups is 2. The Labute approximate surface area is 129 Å². The molecule has 0 bridgehead atoms. The van der Waals surface area contributed by atoms with E-state index in [0.29, 0.717) is 13.0 Å². The molecule has 0 aromatic rings. The summed E-state index contributed by atoms with van der Waals surface area (Å²) < 4.78 is 17.4. The second-order valence-corrected chi connectivity index (χ2v) is 12.7. The van der Waals surface area contributed by atoms with Crippen LogP contribution in [0.25, 0.3) is 0 Å². The molecule has 2 N–H and O–H groups in total. The van der Waals surface area contributed by atoms with Crippen LogP contribution in [-0.4, -0.2) is 49.9 Å². The zero-order chi connectivity index (χ0) is 16.5. The van der Waals surface area contributed by atoms with Gasteiger partial charge in [0.15, 0.2) is 20.4 Å². The summed E-state index contributed by atoms with van der Waals surface area (Å²) in [6.07, 6.45) is -0.0990. The van der Waals surface area contributed by atoms with E-state index in [1.54, 1.807) is 13.8 Å². The summed E-state index contributed by atoms with van der Waals surface area (Å²) in [7, 11) is -1.84. The Balaban J connectivity index is 2.58. The van der Waals surface area contributed by atoms with Crippen LogP contribution >= 0.6 is 0 Å². The molecule has 1 saturated heterocycles. The summed E-state index contributed by atoms with van der Waals surface area (Å²) in [5, 5.41) is 19.3. The lowest BCUT2D eigenvalue weighted by Crippen LogP contribution is -2.43. The van der Waals surface area contributed by atoms with Gasteiger partial charge in [-0.2, -0.15) is 0 Å². The van der Waals surface area contributed by atoms with Crippen molar-refractivity contribution in [3.05, 3.63) is 0 Å². The van der Waals surface area contributed by atoms with Crippen LogP contribution in [0, 0.1) is 5.92 Å². The van der Waals surface area contributed by atoms with Crippen molar-refractivity contribution >= 4 is 8.32 Å². The van der Waals surface area contributed by atoms with Crippen molar-refractivity contribution in [3.63, 3.8) is 0 Å². The molecule has 3 unspecified atom stereocenters. The Bertz CT molecular complexity index is 332.